The third-order valence-electron chi connectivity index (χ3n) is 3.28. The number of hydrogen-bond donors (Lipinski definition) is 2. The van der Waals surface area contributed by atoms with E-state index in [0.29, 0.717) is 12.5 Å². The summed E-state index contributed by atoms with van der Waals surface area (Å²) < 4.78 is 5.12. The molecule has 1 aromatic rings. The summed E-state index contributed by atoms with van der Waals surface area (Å²) in [7, 11) is 1.65. The Morgan fingerprint density at radius 3 is 2.47 bits per heavy atom. The molecule has 0 saturated carbocycles. The Hall–Kier alpha value is -1.55. The van der Waals surface area contributed by atoms with E-state index in [4.69, 9.17) is 15.6 Å². The van der Waals surface area contributed by atoms with Gasteiger partial charge in [0.25, 0.3) is 0 Å². The van der Waals surface area contributed by atoms with Gasteiger partial charge in [0.15, 0.2) is 0 Å². The van der Waals surface area contributed by atoms with Crippen molar-refractivity contribution in [1.29, 1.82) is 0 Å². The van der Waals surface area contributed by atoms with Gasteiger partial charge in [0.2, 0.25) is 0 Å². The standard InChI is InChI=1S/C15H23NO3/c1-11(8-13(10-16)9-15(17)18)7-12-3-5-14(19-2)6-4-12/h3-6,11,13H,7-10,16H2,1-2H3,(H,17,18)/t11-,13+/m1/s1. The fraction of sp³-hybridized carbons (Fsp3) is 0.533. The second-order valence-electron chi connectivity index (χ2n) is 5.09. The molecule has 0 unspecified atom stereocenters. The van der Waals surface area contributed by atoms with Crippen LogP contribution in [0.3, 0.4) is 0 Å². The number of carbonyl (C=O) groups is 1. The molecule has 0 fully saturated rings. The summed E-state index contributed by atoms with van der Waals surface area (Å²) in [6.45, 7) is 2.56. The first-order valence-corrected chi connectivity index (χ1v) is 6.60. The van der Waals surface area contributed by atoms with Crippen LogP contribution in [0.4, 0.5) is 0 Å². The molecule has 1 rings (SSSR count). The SMILES string of the molecule is COc1ccc(C[C@@H](C)C[C@H](CN)CC(=O)O)cc1. The first-order chi connectivity index (χ1) is 9.05. The predicted molar refractivity (Wildman–Crippen MR) is 75.3 cm³/mol. The van der Waals surface area contributed by atoms with E-state index in [9.17, 15) is 4.79 Å². The molecule has 0 aliphatic carbocycles. The third-order valence-corrected chi connectivity index (χ3v) is 3.28. The molecule has 0 saturated heterocycles. The normalized spacial score (nSPS) is 13.8. The molecule has 0 spiro atoms. The molecule has 2 atom stereocenters. The lowest BCUT2D eigenvalue weighted by Gasteiger charge is -2.18. The van der Waals surface area contributed by atoms with Gasteiger partial charge in [-0.25, -0.2) is 0 Å². The zero-order chi connectivity index (χ0) is 14.3. The van der Waals surface area contributed by atoms with Crippen molar-refractivity contribution < 1.29 is 14.6 Å². The van der Waals surface area contributed by atoms with Crippen molar-refractivity contribution in [3.05, 3.63) is 29.8 Å². The van der Waals surface area contributed by atoms with E-state index in [1.54, 1.807) is 7.11 Å². The Morgan fingerprint density at radius 1 is 1.37 bits per heavy atom. The second kappa shape index (κ2) is 7.79. The summed E-state index contributed by atoms with van der Waals surface area (Å²) in [4.78, 5) is 10.7. The number of aliphatic carboxylic acids is 1. The molecule has 0 heterocycles. The van der Waals surface area contributed by atoms with Gasteiger partial charge in [-0.2, -0.15) is 0 Å². The van der Waals surface area contributed by atoms with Crippen molar-refractivity contribution in [3.8, 4) is 5.75 Å². The molecule has 1 aromatic carbocycles. The van der Waals surface area contributed by atoms with Gasteiger partial charge >= 0.3 is 5.97 Å². The molecule has 4 nitrogen and oxygen atoms in total. The summed E-state index contributed by atoms with van der Waals surface area (Å²) >= 11 is 0. The molecular formula is C15H23NO3. The van der Waals surface area contributed by atoms with Crippen LogP contribution in [-0.2, 0) is 11.2 Å². The third kappa shape index (κ3) is 5.75. The summed E-state index contributed by atoms with van der Waals surface area (Å²) in [5.41, 5.74) is 6.86. The number of carboxylic acids is 1. The largest absolute Gasteiger partial charge is 0.497 e. The quantitative estimate of drug-likeness (QED) is 0.756. The molecule has 0 aliphatic heterocycles. The molecule has 106 valence electrons. The molecule has 0 bridgehead atoms. The topological polar surface area (TPSA) is 72.5 Å². The van der Waals surface area contributed by atoms with Crippen LogP contribution in [0.15, 0.2) is 24.3 Å². The number of nitrogens with two attached hydrogens (primary N) is 1. The first kappa shape index (κ1) is 15.5. The molecule has 4 heteroatoms. The first-order valence-electron chi connectivity index (χ1n) is 6.60. The Labute approximate surface area is 114 Å². The molecule has 19 heavy (non-hydrogen) atoms. The van der Waals surface area contributed by atoms with E-state index >= 15 is 0 Å². The smallest absolute Gasteiger partial charge is 0.303 e. The number of benzene rings is 1. The van der Waals surface area contributed by atoms with E-state index < -0.39 is 5.97 Å². The lowest BCUT2D eigenvalue weighted by Crippen LogP contribution is -2.21. The minimum atomic E-state index is -0.771. The van der Waals surface area contributed by atoms with Crippen molar-refractivity contribution in [3.63, 3.8) is 0 Å². The maximum absolute atomic E-state index is 10.7. The summed E-state index contributed by atoms with van der Waals surface area (Å²) in [6.07, 6.45) is 1.93. The van der Waals surface area contributed by atoms with Crippen molar-refractivity contribution in [2.24, 2.45) is 17.6 Å². The monoisotopic (exact) mass is 265 g/mol. The summed E-state index contributed by atoms with van der Waals surface area (Å²) in [5.74, 6) is 0.557. The van der Waals surface area contributed by atoms with Crippen LogP contribution >= 0.6 is 0 Å². The van der Waals surface area contributed by atoms with Gasteiger partial charge in [-0.1, -0.05) is 19.1 Å². The highest BCUT2D eigenvalue weighted by atomic mass is 16.5. The number of hydrogen-bond acceptors (Lipinski definition) is 3. The molecular weight excluding hydrogens is 242 g/mol. The lowest BCUT2D eigenvalue weighted by atomic mass is 9.89. The molecule has 0 radical (unpaired) electrons. The van der Waals surface area contributed by atoms with Crippen LogP contribution in [0.2, 0.25) is 0 Å². The minimum Gasteiger partial charge on any atom is -0.497 e. The summed E-state index contributed by atoms with van der Waals surface area (Å²) in [5, 5.41) is 8.81. The fourth-order valence-electron chi connectivity index (χ4n) is 2.33. The zero-order valence-electron chi connectivity index (χ0n) is 11.6. The Morgan fingerprint density at radius 2 is 2.00 bits per heavy atom. The van der Waals surface area contributed by atoms with Crippen LogP contribution in [0.1, 0.15) is 25.3 Å². The van der Waals surface area contributed by atoms with Gasteiger partial charge in [0.1, 0.15) is 5.75 Å². The Balaban J connectivity index is 2.48. The van der Waals surface area contributed by atoms with Crippen molar-refractivity contribution in [1.82, 2.24) is 0 Å². The van der Waals surface area contributed by atoms with E-state index in [-0.39, 0.29) is 12.3 Å². The zero-order valence-corrected chi connectivity index (χ0v) is 11.6. The van der Waals surface area contributed by atoms with Crippen LogP contribution in [0.25, 0.3) is 0 Å². The summed E-state index contributed by atoms with van der Waals surface area (Å²) in [6, 6.07) is 7.98. The highest BCUT2D eigenvalue weighted by molar-refractivity contribution is 5.67. The minimum absolute atomic E-state index is 0.0609. The Kier molecular flexibility index (Phi) is 6.36. The van der Waals surface area contributed by atoms with Gasteiger partial charge in [-0.05, 0) is 48.9 Å². The second-order valence-corrected chi connectivity index (χ2v) is 5.09. The predicted octanol–water partition coefficient (Wildman–Crippen LogP) is 2.31. The average Bonchev–Trinajstić information content (AvgIpc) is 2.38. The van der Waals surface area contributed by atoms with Gasteiger partial charge in [-0.3, -0.25) is 4.79 Å². The van der Waals surface area contributed by atoms with E-state index in [0.717, 1.165) is 18.6 Å². The highest BCUT2D eigenvalue weighted by Crippen LogP contribution is 2.20. The number of ether oxygens (including phenoxy) is 1. The fourth-order valence-corrected chi connectivity index (χ4v) is 2.33. The van der Waals surface area contributed by atoms with Crippen LogP contribution in [0, 0.1) is 11.8 Å². The van der Waals surface area contributed by atoms with Crippen LogP contribution in [0.5, 0.6) is 5.75 Å². The maximum Gasteiger partial charge on any atom is 0.303 e. The maximum atomic E-state index is 10.7. The van der Waals surface area contributed by atoms with Gasteiger partial charge in [0.05, 0.1) is 7.11 Å². The van der Waals surface area contributed by atoms with E-state index in [1.165, 1.54) is 5.56 Å². The van der Waals surface area contributed by atoms with Crippen molar-refractivity contribution >= 4 is 5.97 Å². The number of methoxy groups -OCH3 is 1. The van der Waals surface area contributed by atoms with Crippen molar-refractivity contribution in [2.45, 2.75) is 26.2 Å². The van der Waals surface area contributed by atoms with Crippen LogP contribution in [-0.4, -0.2) is 24.7 Å². The number of carboxylic acid groups (broad SMARTS) is 1. The van der Waals surface area contributed by atoms with E-state index in [1.807, 2.05) is 24.3 Å². The lowest BCUT2D eigenvalue weighted by molar-refractivity contribution is -0.138. The molecule has 0 aliphatic rings. The average molecular weight is 265 g/mol. The van der Waals surface area contributed by atoms with Gasteiger partial charge in [-0.15, -0.1) is 0 Å². The molecule has 0 aromatic heterocycles. The van der Waals surface area contributed by atoms with Crippen LogP contribution < -0.4 is 10.5 Å². The van der Waals surface area contributed by atoms with Gasteiger partial charge < -0.3 is 15.6 Å². The van der Waals surface area contributed by atoms with E-state index in [2.05, 4.69) is 6.92 Å². The number of rotatable bonds is 8. The molecule has 0 amide bonds. The van der Waals surface area contributed by atoms with Crippen molar-refractivity contribution in [2.75, 3.05) is 13.7 Å². The highest BCUT2D eigenvalue weighted by Gasteiger charge is 2.15. The van der Waals surface area contributed by atoms with Gasteiger partial charge in [0, 0.05) is 6.42 Å². The Bertz CT molecular complexity index is 389. The molecule has 3 N–H and O–H groups in total.